The molecule has 10 heteroatoms. The maximum Gasteiger partial charge on any atom is 0.244 e. The van der Waals surface area contributed by atoms with E-state index < -0.39 is 28.5 Å². The van der Waals surface area contributed by atoms with Crippen molar-refractivity contribution in [2.75, 3.05) is 17.1 Å². The Morgan fingerprint density at radius 3 is 2.29 bits per heavy atom. The van der Waals surface area contributed by atoms with Crippen molar-refractivity contribution in [3.8, 4) is 0 Å². The number of nitrogens with zero attached hydrogens (tertiary/aromatic N) is 2. The lowest BCUT2D eigenvalue weighted by atomic mass is 10.1. The highest BCUT2D eigenvalue weighted by atomic mass is 35.5. The summed E-state index contributed by atoms with van der Waals surface area (Å²) in [6, 6.07) is 10.9. The van der Waals surface area contributed by atoms with Gasteiger partial charge in [-0.25, -0.2) is 8.42 Å². The van der Waals surface area contributed by atoms with E-state index in [2.05, 4.69) is 5.32 Å². The quantitative estimate of drug-likeness (QED) is 0.495. The Kier molecular flexibility index (Phi) is 9.79. The van der Waals surface area contributed by atoms with Crippen LogP contribution in [0.15, 0.2) is 42.5 Å². The number of benzene rings is 2. The van der Waals surface area contributed by atoms with Gasteiger partial charge in [0.15, 0.2) is 0 Å². The number of nitrogens with one attached hydrogen (secondary N) is 1. The molecule has 186 valence electrons. The molecule has 0 fully saturated rings. The molecular formula is C24H31Cl2N3O4S. The number of anilines is 1. The predicted molar refractivity (Wildman–Crippen MR) is 138 cm³/mol. The van der Waals surface area contributed by atoms with Gasteiger partial charge in [0.25, 0.3) is 0 Å². The number of rotatable bonds is 10. The summed E-state index contributed by atoms with van der Waals surface area (Å²) in [6.07, 6.45) is 1.78. The number of hydrogen-bond acceptors (Lipinski definition) is 4. The smallest absolute Gasteiger partial charge is 0.244 e. The molecule has 0 aliphatic carbocycles. The van der Waals surface area contributed by atoms with Gasteiger partial charge in [-0.2, -0.15) is 0 Å². The zero-order valence-corrected chi connectivity index (χ0v) is 22.3. The molecule has 0 aliphatic rings. The summed E-state index contributed by atoms with van der Waals surface area (Å²) in [4.78, 5) is 27.7. The van der Waals surface area contributed by atoms with Crippen LogP contribution >= 0.6 is 23.2 Å². The number of hydrogen-bond donors (Lipinski definition) is 1. The van der Waals surface area contributed by atoms with Crippen LogP contribution in [0.3, 0.4) is 0 Å². The molecule has 0 aliphatic heterocycles. The molecule has 0 aromatic heterocycles. The first-order valence-electron chi connectivity index (χ1n) is 10.9. The van der Waals surface area contributed by atoms with E-state index in [1.54, 1.807) is 43.3 Å². The Morgan fingerprint density at radius 2 is 1.74 bits per heavy atom. The van der Waals surface area contributed by atoms with Crippen LogP contribution in [0.2, 0.25) is 10.0 Å². The zero-order chi connectivity index (χ0) is 25.6. The van der Waals surface area contributed by atoms with Crippen LogP contribution in [-0.4, -0.2) is 50.0 Å². The Bertz CT molecular complexity index is 1140. The molecule has 0 bridgehead atoms. The molecule has 2 atom stereocenters. The third-order valence-corrected chi connectivity index (χ3v) is 7.35. The van der Waals surface area contributed by atoms with Crippen molar-refractivity contribution in [3.63, 3.8) is 0 Å². The monoisotopic (exact) mass is 527 g/mol. The van der Waals surface area contributed by atoms with Crippen molar-refractivity contribution in [2.24, 2.45) is 0 Å². The largest absolute Gasteiger partial charge is 0.352 e. The molecule has 2 aromatic carbocycles. The van der Waals surface area contributed by atoms with Gasteiger partial charge in [-0.05, 0) is 62.6 Å². The van der Waals surface area contributed by atoms with E-state index in [9.17, 15) is 18.0 Å². The van der Waals surface area contributed by atoms with E-state index in [-0.39, 0.29) is 18.5 Å². The number of amides is 2. The highest BCUT2D eigenvalue weighted by Gasteiger charge is 2.30. The first kappa shape index (κ1) is 28.0. The second-order valence-electron chi connectivity index (χ2n) is 8.37. The van der Waals surface area contributed by atoms with E-state index in [0.29, 0.717) is 21.3 Å². The maximum atomic E-state index is 13.5. The van der Waals surface area contributed by atoms with Crippen LogP contribution in [-0.2, 0) is 26.2 Å². The molecule has 0 unspecified atom stereocenters. The first-order valence-corrected chi connectivity index (χ1v) is 13.5. The van der Waals surface area contributed by atoms with Crippen molar-refractivity contribution in [1.82, 2.24) is 10.2 Å². The molecule has 2 rings (SSSR count). The fourth-order valence-corrected chi connectivity index (χ4v) is 4.44. The van der Waals surface area contributed by atoms with Crippen LogP contribution in [0, 0.1) is 6.92 Å². The molecular weight excluding hydrogens is 497 g/mol. The third kappa shape index (κ3) is 7.61. The summed E-state index contributed by atoms with van der Waals surface area (Å²) in [5, 5.41) is 3.57. The first-order chi connectivity index (χ1) is 15.8. The average molecular weight is 529 g/mol. The van der Waals surface area contributed by atoms with E-state index in [1.165, 1.54) is 4.90 Å². The summed E-state index contributed by atoms with van der Waals surface area (Å²) in [5.74, 6) is -0.853. The van der Waals surface area contributed by atoms with E-state index in [1.807, 2.05) is 26.8 Å². The minimum absolute atomic E-state index is 0.0518. The number of carbonyl (C=O) groups excluding carboxylic acids is 2. The van der Waals surface area contributed by atoms with Crippen molar-refractivity contribution >= 4 is 50.7 Å². The van der Waals surface area contributed by atoms with E-state index >= 15 is 0 Å². The van der Waals surface area contributed by atoms with Crippen molar-refractivity contribution in [1.29, 1.82) is 0 Å². The Labute approximate surface area is 212 Å². The second-order valence-corrected chi connectivity index (χ2v) is 11.1. The van der Waals surface area contributed by atoms with Gasteiger partial charge >= 0.3 is 0 Å². The third-order valence-electron chi connectivity index (χ3n) is 5.47. The zero-order valence-electron chi connectivity index (χ0n) is 20.0. The summed E-state index contributed by atoms with van der Waals surface area (Å²) >= 11 is 12.2. The molecule has 7 nitrogen and oxygen atoms in total. The second kappa shape index (κ2) is 11.9. The Balaban J connectivity index is 2.41. The summed E-state index contributed by atoms with van der Waals surface area (Å²) in [6.45, 7) is 6.87. The summed E-state index contributed by atoms with van der Waals surface area (Å²) in [5.41, 5.74) is 1.89. The van der Waals surface area contributed by atoms with Gasteiger partial charge in [-0.3, -0.25) is 13.9 Å². The standard InChI is InChI=1S/C24H31Cl2N3O4S/c1-6-17(3)27-24(31)18(4)28(14-19-10-11-21(25)22(26)13-19)23(30)15-29(34(5,32)33)20-9-7-8-16(2)12-20/h7-13,17-18H,6,14-15H2,1-5H3,(H,27,31)/t17-,18-/m0/s1. The minimum Gasteiger partial charge on any atom is -0.352 e. The fourth-order valence-electron chi connectivity index (χ4n) is 3.28. The molecule has 0 heterocycles. The molecule has 2 aromatic rings. The van der Waals surface area contributed by atoms with Crippen LogP contribution in [0.25, 0.3) is 0 Å². The molecule has 34 heavy (non-hydrogen) atoms. The summed E-state index contributed by atoms with van der Waals surface area (Å²) < 4.78 is 26.2. The van der Waals surface area contributed by atoms with Gasteiger partial charge in [0.05, 0.1) is 22.0 Å². The maximum absolute atomic E-state index is 13.5. The van der Waals surface area contributed by atoms with Crippen LogP contribution in [0.4, 0.5) is 5.69 Å². The normalized spacial score (nSPS) is 13.1. The molecule has 0 saturated heterocycles. The number of sulfonamides is 1. The van der Waals surface area contributed by atoms with Gasteiger partial charge in [0.1, 0.15) is 12.6 Å². The molecule has 1 N–H and O–H groups in total. The van der Waals surface area contributed by atoms with Crippen LogP contribution < -0.4 is 9.62 Å². The van der Waals surface area contributed by atoms with E-state index in [0.717, 1.165) is 22.5 Å². The summed E-state index contributed by atoms with van der Waals surface area (Å²) in [7, 11) is -3.77. The predicted octanol–water partition coefficient (Wildman–Crippen LogP) is 4.40. The topological polar surface area (TPSA) is 86.8 Å². The van der Waals surface area contributed by atoms with Gasteiger partial charge in [-0.15, -0.1) is 0 Å². The Morgan fingerprint density at radius 1 is 1.06 bits per heavy atom. The number of halogens is 2. The molecule has 0 saturated carbocycles. The van der Waals surface area contributed by atoms with Crippen molar-refractivity contribution < 1.29 is 18.0 Å². The lowest BCUT2D eigenvalue weighted by Gasteiger charge is -2.32. The molecule has 0 spiro atoms. The van der Waals surface area contributed by atoms with Gasteiger partial charge < -0.3 is 10.2 Å². The lowest BCUT2D eigenvalue weighted by molar-refractivity contribution is -0.139. The average Bonchev–Trinajstić information content (AvgIpc) is 2.76. The van der Waals surface area contributed by atoms with Crippen molar-refractivity contribution in [2.45, 2.75) is 52.7 Å². The van der Waals surface area contributed by atoms with Crippen LogP contribution in [0.1, 0.15) is 38.3 Å². The molecule has 2 amide bonds. The van der Waals surface area contributed by atoms with E-state index in [4.69, 9.17) is 23.2 Å². The van der Waals surface area contributed by atoms with Gasteiger partial charge in [0.2, 0.25) is 21.8 Å². The minimum atomic E-state index is -3.77. The highest BCUT2D eigenvalue weighted by Crippen LogP contribution is 2.24. The van der Waals surface area contributed by atoms with Crippen LogP contribution in [0.5, 0.6) is 0 Å². The molecule has 0 radical (unpaired) electrons. The highest BCUT2D eigenvalue weighted by molar-refractivity contribution is 7.92. The fraction of sp³-hybridized carbons (Fsp3) is 0.417. The van der Waals surface area contributed by atoms with Crippen molar-refractivity contribution in [3.05, 3.63) is 63.6 Å². The Hall–Kier alpha value is -2.29. The van der Waals surface area contributed by atoms with Gasteiger partial charge in [-0.1, -0.05) is 48.3 Å². The number of carbonyl (C=O) groups is 2. The van der Waals surface area contributed by atoms with Gasteiger partial charge in [0, 0.05) is 12.6 Å². The lowest BCUT2D eigenvalue weighted by Crippen LogP contribution is -2.52. The number of aryl methyl sites for hydroxylation is 1. The SMILES string of the molecule is CC[C@H](C)NC(=O)[C@H](C)N(Cc1ccc(Cl)c(Cl)c1)C(=O)CN(c1cccc(C)c1)S(C)(=O)=O.